The Hall–Kier alpha value is -3.53. The predicted octanol–water partition coefficient (Wildman–Crippen LogP) is 3.73. The Morgan fingerprint density at radius 3 is 2.51 bits per heavy atom. The van der Waals surface area contributed by atoms with Crippen molar-refractivity contribution in [1.29, 1.82) is 0 Å². The molecule has 1 aromatic heterocycles. The Balaban J connectivity index is 1.48. The van der Waals surface area contributed by atoms with Crippen molar-refractivity contribution in [2.75, 3.05) is 41.9 Å². The second-order valence-electron chi connectivity index (χ2n) is 8.59. The van der Waals surface area contributed by atoms with Crippen molar-refractivity contribution in [2.24, 2.45) is 0 Å². The molecule has 2 aliphatic heterocycles. The van der Waals surface area contributed by atoms with Crippen LogP contribution in [-0.2, 0) is 9.59 Å². The number of nitrogens with zero attached hydrogens (tertiary/aromatic N) is 5. The van der Waals surface area contributed by atoms with Gasteiger partial charge in [-0.05, 0) is 50.5 Å². The minimum absolute atomic E-state index is 0.0149. The summed E-state index contributed by atoms with van der Waals surface area (Å²) < 4.78 is 7.62. The van der Waals surface area contributed by atoms with Gasteiger partial charge in [0.05, 0.1) is 29.4 Å². The van der Waals surface area contributed by atoms with Gasteiger partial charge in [-0.2, -0.15) is 0 Å². The van der Waals surface area contributed by atoms with Gasteiger partial charge in [0.15, 0.2) is 5.16 Å². The second kappa shape index (κ2) is 9.99. The molecule has 2 aromatic carbocycles. The lowest BCUT2D eigenvalue weighted by Gasteiger charge is -2.31. The van der Waals surface area contributed by atoms with Crippen molar-refractivity contribution in [1.82, 2.24) is 14.8 Å². The van der Waals surface area contributed by atoms with E-state index < -0.39 is 5.25 Å². The third-order valence-corrected chi connectivity index (χ3v) is 7.28. The monoisotopic (exact) mass is 492 g/mol. The van der Waals surface area contributed by atoms with Crippen LogP contribution in [0.4, 0.5) is 17.3 Å². The van der Waals surface area contributed by atoms with Gasteiger partial charge < -0.3 is 15.0 Å². The quantitative estimate of drug-likeness (QED) is 0.524. The average Bonchev–Trinajstić information content (AvgIpc) is 3.31. The first kappa shape index (κ1) is 23.2. The summed E-state index contributed by atoms with van der Waals surface area (Å²) in [5.74, 6) is 1.08. The van der Waals surface area contributed by atoms with Crippen LogP contribution in [0.15, 0.2) is 53.7 Å². The van der Waals surface area contributed by atoms with E-state index in [1.807, 2.05) is 54.0 Å². The van der Waals surface area contributed by atoms with Gasteiger partial charge in [-0.3, -0.25) is 19.1 Å². The lowest BCUT2D eigenvalue weighted by atomic mass is 10.1. The molecule has 2 aliphatic rings. The zero-order valence-electron chi connectivity index (χ0n) is 19.8. The first-order valence-electron chi connectivity index (χ1n) is 11.8. The molecule has 3 aromatic rings. The highest BCUT2D eigenvalue weighted by Crippen LogP contribution is 2.36. The van der Waals surface area contributed by atoms with E-state index in [0.29, 0.717) is 22.3 Å². The van der Waals surface area contributed by atoms with Gasteiger partial charge in [0.25, 0.3) is 0 Å². The van der Waals surface area contributed by atoms with E-state index in [-0.39, 0.29) is 18.4 Å². The Morgan fingerprint density at radius 2 is 1.74 bits per heavy atom. The molecular formula is C25H28N6O3S. The molecule has 182 valence electrons. The molecule has 1 atom stereocenters. The number of benzene rings is 2. The Kier molecular flexibility index (Phi) is 6.63. The van der Waals surface area contributed by atoms with E-state index in [0.717, 1.165) is 37.6 Å². The molecule has 0 bridgehead atoms. The topological polar surface area (TPSA) is 92.6 Å². The lowest BCUT2D eigenvalue weighted by Crippen LogP contribution is -2.45. The van der Waals surface area contributed by atoms with Crippen LogP contribution in [0.1, 0.15) is 26.2 Å². The zero-order chi connectivity index (χ0) is 24.4. The molecule has 35 heavy (non-hydrogen) atoms. The number of carbonyl (C=O) groups excluding carboxylic acids is 2. The number of nitrogens with one attached hydrogen (secondary N) is 1. The molecule has 0 saturated carbocycles. The summed E-state index contributed by atoms with van der Waals surface area (Å²) in [5, 5.41) is 12.0. The molecule has 9 nitrogen and oxygen atoms in total. The van der Waals surface area contributed by atoms with Crippen molar-refractivity contribution in [3.05, 3.63) is 48.5 Å². The molecule has 2 amide bonds. The van der Waals surface area contributed by atoms with E-state index in [9.17, 15) is 9.59 Å². The standard InChI is InChI=1S/C25H28N6O3S/c1-17(23(33)30-16-22(32)26-18-10-4-5-11-19(18)30)35-25-28-27-24(29-14-8-3-9-15-29)31(25)20-12-6-7-13-21(20)34-2/h4-7,10-13,17H,3,8-9,14-16H2,1-2H3,(H,26,32). The third kappa shape index (κ3) is 4.58. The molecule has 0 spiro atoms. The van der Waals surface area contributed by atoms with Crippen LogP contribution >= 0.6 is 11.8 Å². The fourth-order valence-corrected chi connectivity index (χ4v) is 5.44. The molecule has 1 N–H and O–H groups in total. The van der Waals surface area contributed by atoms with Crippen molar-refractivity contribution in [2.45, 2.75) is 36.6 Å². The van der Waals surface area contributed by atoms with Crippen LogP contribution in [-0.4, -0.2) is 58.6 Å². The fourth-order valence-electron chi connectivity index (χ4n) is 4.52. The normalized spacial score (nSPS) is 16.5. The summed E-state index contributed by atoms with van der Waals surface area (Å²) in [4.78, 5) is 29.6. The number of amides is 2. The number of piperidine rings is 1. The van der Waals surface area contributed by atoms with Gasteiger partial charge in [0, 0.05) is 13.1 Å². The Morgan fingerprint density at radius 1 is 1.03 bits per heavy atom. The number of anilines is 3. The maximum atomic E-state index is 13.5. The van der Waals surface area contributed by atoms with Gasteiger partial charge >= 0.3 is 0 Å². The third-order valence-electron chi connectivity index (χ3n) is 6.25. The van der Waals surface area contributed by atoms with E-state index in [1.54, 1.807) is 18.1 Å². The van der Waals surface area contributed by atoms with Crippen molar-refractivity contribution >= 4 is 40.9 Å². The highest BCUT2D eigenvalue weighted by atomic mass is 32.2. The Labute approximate surface area is 208 Å². The number of thioether (sulfide) groups is 1. The molecule has 5 rings (SSSR count). The number of para-hydroxylation sites is 4. The van der Waals surface area contributed by atoms with Crippen molar-refractivity contribution < 1.29 is 14.3 Å². The first-order valence-corrected chi connectivity index (χ1v) is 12.7. The predicted molar refractivity (Wildman–Crippen MR) is 137 cm³/mol. The van der Waals surface area contributed by atoms with E-state index in [4.69, 9.17) is 4.74 Å². The van der Waals surface area contributed by atoms with Crippen LogP contribution < -0.4 is 19.9 Å². The first-order chi connectivity index (χ1) is 17.1. The molecule has 10 heteroatoms. The molecule has 1 fully saturated rings. The molecule has 0 aliphatic carbocycles. The molecule has 1 saturated heterocycles. The smallest absolute Gasteiger partial charge is 0.244 e. The molecule has 0 radical (unpaired) electrons. The summed E-state index contributed by atoms with van der Waals surface area (Å²) in [6.45, 7) is 3.64. The van der Waals surface area contributed by atoms with Crippen LogP contribution in [0.25, 0.3) is 5.69 Å². The van der Waals surface area contributed by atoms with Gasteiger partial charge in [-0.1, -0.05) is 36.0 Å². The molecular weight excluding hydrogens is 464 g/mol. The van der Waals surface area contributed by atoms with E-state index in [2.05, 4.69) is 20.4 Å². The van der Waals surface area contributed by atoms with Crippen LogP contribution in [0, 0.1) is 0 Å². The number of carbonyl (C=O) groups is 2. The molecule has 1 unspecified atom stereocenters. The van der Waals surface area contributed by atoms with Crippen LogP contribution in [0.3, 0.4) is 0 Å². The Bertz CT molecular complexity index is 1240. The van der Waals surface area contributed by atoms with Crippen molar-refractivity contribution in [3.63, 3.8) is 0 Å². The SMILES string of the molecule is COc1ccccc1-n1c(SC(C)C(=O)N2CC(=O)Nc3ccccc32)nnc1N1CCCCC1. The highest BCUT2D eigenvalue weighted by molar-refractivity contribution is 8.00. The maximum Gasteiger partial charge on any atom is 0.244 e. The number of methoxy groups -OCH3 is 1. The van der Waals surface area contributed by atoms with Gasteiger partial charge in [0.1, 0.15) is 12.3 Å². The van der Waals surface area contributed by atoms with Crippen LogP contribution in [0.5, 0.6) is 5.75 Å². The lowest BCUT2D eigenvalue weighted by molar-refractivity contribution is -0.121. The van der Waals surface area contributed by atoms with Gasteiger partial charge in [-0.15, -0.1) is 10.2 Å². The van der Waals surface area contributed by atoms with Crippen LogP contribution in [0.2, 0.25) is 0 Å². The summed E-state index contributed by atoms with van der Waals surface area (Å²) in [5.41, 5.74) is 2.16. The average molecular weight is 493 g/mol. The number of ether oxygens (including phenoxy) is 1. The van der Waals surface area contributed by atoms with E-state index >= 15 is 0 Å². The number of fused-ring (bicyclic) bond motifs is 1. The minimum Gasteiger partial charge on any atom is -0.495 e. The highest BCUT2D eigenvalue weighted by Gasteiger charge is 2.32. The largest absolute Gasteiger partial charge is 0.495 e. The summed E-state index contributed by atoms with van der Waals surface area (Å²) in [7, 11) is 1.64. The minimum atomic E-state index is -0.499. The molecule has 3 heterocycles. The van der Waals surface area contributed by atoms with E-state index in [1.165, 1.54) is 18.2 Å². The van der Waals surface area contributed by atoms with Gasteiger partial charge in [0.2, 0.25) is 17.8 Å². The van der Waals surface area contributed by atoms with Crippen molar-refractivity contribution in [3.8, 4) is 11.4 Å². The summed E-state index contributed by atoms with van der Waals surface area (Å²) in [6, 6.07) is 15.1. The maximum absolute atomic E-state index is 13.5. The number of aromatic nitrogens is 3. The fraction of sp³-hybridized carbons (Fsp3) is 0.360. The zero-order valence-corrected chi connectivity index (χ0v) is 20.6. The van der Waals surface area contributed by atoms with Gasteiger partial charge in [-0.25, -0.2) is 0 Å². The summed E-state index contributed by atoms with van der Waals surface area (Å²) in [6.07, 6.45) is 3.41. The number of rotatable bonds is 6. The number of hydrogen-bond donors (Lipinski definition) is 1. The summed E-state index contributed by atoms with van der Waals surface area (Å²) >= 11 is 1.33. The second-order valence-corrected chi connectivity index (χ2v) is 9.90. The number of hydrogen-bond acceptors (Lipinski definition) is 7.